The highest BCUT2D eigenvalue weighted by molar-refractivity contribution is 9.10. The average molecular weight is 333 g/mol. The lowest BCUT2D eigenvalue weighted by molar-refractivity contribution is -0.0116. The van der Waals surface area contributed by atoms with Gasteiger partial charge in [-0.15, -0.1) is 0 Å². The third kappa shape index (κ3) is 4.02. The first kappa shape index (κ1) is 16.6. The Balaban J connectivity index is 3.06. The highest BCUT2D eigenvalue weighted by Crippen LogP contribution is 2.32. The van der Waals surface area contributed by atoms with Crippen molar-refractivity contribution in [3.05, 3.63) is 16.4 Å². The fourth-order valence-electron chi connectivity index (χ4n) is 2.06. The van der Waals surface area contributed by atoms with Crippen LogP contribution in [0.1, 0.15) is 25.6 Å². The Morgan fingerprint density at radius 1 is 1.53 bits per heavy atom. The maximum absolute atomic E-state index is 5.62. The molecule has 0 aromatic carbocycles. The van der Waals surface area contributed by atoms with E-state index >= 15 is 0 Å². The van der Waals surface area contributed by atoms with Gasteiger partial charge in [-0.3, -0.25) is 4.68 Å². The predicted octanol–water partition coefficient (Wildman–Crippen LogP) is 1.89. The fraction of sp³-hybridized carbons (Fsp3) is 0.769. The summed E-state index contributed by atoms with van der Waals surface area (Å²) in [7, 11) is 7.81. The molecule has 1 aromatic rings. The summed E-state index contributed by atoms with van der Waals surface area (Å²) in [6.07, 6.45) is 1.85. The molecule has 0 saturated carbocycles. The Hall–Kier alpha value is -0.430. The third-order valence-electron chi connectivity index (χ3n) is 3.38. The Labute approximate surface area is 124 Å². The van der Waals surface area contributed by atoms with Crippen molar-refractivity contribution in [2.45, 2.75) is 32.0 Å². The normalized spacial score (nSPS) is 14.1. The van der Waals surface area contributed by atoms with Gasteiger partial charge in [0.1, 0.15) is 0 Å². The lowest BCUT2D eigenvalue weighted by atomic mass is 9.95. The molecule has 1 aromatic heterocycles. The molecule has 1 unspecified atom stereocenters. The number of likely N-dealkylation sites (N-methyl/N-ethyl adjacent to an activating group) is 2. The van der Waals surface area contributed by atoms with Gasteiger partial charge in [0, 0.05) is 13.7 Å². The summed E-state index contributed by atoms with van der Waals surface area (Å²) >= 11 is 3.59. The van der Waals surface area contributed by atoms with Gasteiger partial charge in [0.05, 0.1) is 34.6 Å². The molecule has 1 atom stereocenters. The fourth-order valence-corrected chi connectivity index (χ4v) is 2.59. The molecule has 0 saturated heterocycles. The highest BCUT2D eigenvalue weighted by Gasteiger charge is 2.33. The zero-order chi connectivity index (χ0) is 14.6. The second kappa shape index (κ2) is 6.83. The van der Waals surface area contributed by atoms with E-state index in [0.29, 0.717) is 0 Å². The van der Waals surface area contributed by atoms with E-state index < -0.39 is 0 Å². The number of nitrogens with zero attached hydrogens (tertiary/aromatic N) is 3. The molecule has 110 valence electrons. The van der Waals surface area contributed by atoms with Gasteiger partial charge in [0.2, 0.25) is 0 Å². The van der Waals surface area contributed by atoms with Gasteiger partial charge in [-0.2, -0.15) is 5.10 Å². The van der Waals surface area contributed by atoms with Crippen molar-refractivity contribution in [3.8, 4) is 0 Å². The first-order chi connectivity index (χ1) is 8.83. The molecule has 0 bridgehead atoms. The molecule has 0 aliphatic rings. The molecule has 0 aliphatic carbocycles. The molecule has 0 radical (unpaired) electrons. The number of rotatable bonds is 7. The maximum atomic E-state index is 5.62. The average Bonchev–Trinajstić information content (AvgIpc) is 2.69. The van der Waals surface area contributed by atoms with Crippen LogP contribution < -0.4 is 5.32 Å². The summed E-state index contributed by atoms with van der Waals surface area (Å²) in [6.45, 7) is 5.95. The SMILES string of the molecule is CNC(c1c(Br)cnn1CCN(C)C)C(C)(C)OC. The lowest BCUT2D eigenvalue weighted by Gasteiger charge is -2.33. The van der Waals surface area contributed by atoms with Crippen LogP contribution in [0.25, 0.3) is 0 Å². The first-order valence-electron chi connectivity index (χ1n) is 6.41. The standard InChI is InChI=1S/C13H25BrN4O/c1-13(2,19-6)12(15-3)11-10(14)9-16-18(11)8-7-17(4)5/h9,12,15H,7-8H2,1-6H3. The van der Waals surface area contributed by atoms with Crippen LogP contribution in [0.3, 0.4) is 0 Å². The van der Waals surface area contributed by atoms with Gasteiger partial charge in [0.15, 0.2) is 0 Å². The number of aromatic nitrogens is 2. The first-order valence-corrected chi connectivity index (χ1v) is 7.21. The van der Waals surface area contributed by atoms with Crippen LogP contribution in [-0.4, -0.2) is 55.1 Å². The maximum Gasteiger partial charge on any atom is 0.0832 e. The largest absolute Gasteiger partial charge is 0.377 e. The van der Waals surface area contributed by atoms with Crippen LogP contribution in [0.2, 0.25) is 0 Å². The molecule has 19 heavy (non-hydrogen) atoms. The van der Waals surface area contributed by atoms with Gasteiger partial charge in [-0.05, 0) is 50.9 Å². The van der Waals surface area contributed by atoms with Crippen LogP contribution in [0.15, 0.2) is 10.7 Å². The lowest BCUT2D eigenvalue weighted by Crippen LogP contribution is -2.41. The van der Waals surface area contributed by atoms with Gasteiger partial charge in [0.25, 0.3) is 0 Å². The summed E-state index contributed by atoms with van der Waals surface area (Å²) < 4.78 is 8.66. The molecule has 0 spiro atoms. The number of halogens is 1. The quantitative estimate of drug-likeness (QED) is 0.828. The zero-order valence-corrected chi connectivity index (χ0v) is 14.3. The Morgan fingerprint density at radius 3 is 2.63 bits per heavy atom. The van der Waals surface area contributed by atoms with Gasteiger partial charge >= 0.3 is 0 Å². The van der Waals surface area contributed by atoms with E-state index in [1.54, 1.807) is 7.11 Å². The number of ether oxygens (including phenoxy) is 1. The predicted molar refractivity (Wildman–Crippen MR) is 81.4 cm³/mol. The zero-order valence-electron chi connectivity index (χ0n) is 12.7. The van der Waals surface area contributed by atoms with E-state index in [2.05, 4.69) is 59.2 Å². The van der Waals surface area contributed by atoms with Crippen LogP contribution in [0.4, 0.5) is 0 Å². The summed E-state index contributed by atoms with van der Waals surface area (Å²) in [6, 6.07) is 0.0662. The molecule has 5 nitrogen and oxygen atoms in total. The monoisotopic (exact) mass is 332 g/mol. The van der Waals surface area contributed by atoms with E-state index in [4.69, 9.17) is 4.74 Å². The van der Waals surface area contributed by atoms with Crippen molar-refractivity contribution < 1.29 is 4.74 Å². The number of methoxy groups -OCH3 is 1. The Morgan fingerprint density at radius 2 is 2.16 bits per heavy atom. The van der Waals surface area contributed by atoms with E-state index in [0.717, 1.165) is 23.3 Å². The second-order valence-electron chi connectivity index (χ2n) is 5.43. The number of hydrogen-bond acceptors (Lipinski definition) is 4. The molecular formula is C13H25BrN4O. The highest BCUT2D eigenvalue weighted by atomic mass is 79.9. The van der Waals surface area contributed by atoms with Crippen LogP contribution in [-0.2, 0) is 11.3 Å². The smallest absolute Gasteiger partial charge is 0.0832 e. The minimum Gasteiger partial charge on any atom is -0.377 e. The molecule has 0 aliphatic heterocycles. The Bertz CT molecular complexity index is 403. The summed E-state index contributed by atoms with van der Waals surface area (Å²) in [5.41, 5.74) is 0.809. The Kier molecular flexibility index (Phi) is 5.98. The minimum atomic E-state index is -0.312. The molecule has 6 heteroatoms. The topological polar surface area (TPSA) is 42.3 Å². The van der Waals surface area contributed by atoms with E-state index in [1.165, 1.54) is 0 Å². The van der Waals surface area contributed by atoms with Crippen molar-refractivity contribution in [2.24, 2.45) is 0 Å². The van der Waals surface area contributed by atoms with Crippen molar-refractivity contribution in [3.63, 3.8) is 0 Å². The van der Waals surface area contributed by atoms with Crippen molar-refractivity contribution >= 4 is 15.9 Å². The van der Waals surface area contributed by atoms with Crippen LogP contribution in [0, 0.1) is 0 Å². The molecular weight excluding hydrogens is 308 g/mol. The van der Waals surface area contributed by atoms with Crippen molar-refractivity contribution in [2.75, 3.05) is 34.8 Å². The van der Waals surface area contributed by atoms with Crippen molar-refractivity contribution in [1.82, 2.24) is 20.0 Å². The molecule has 1 N–H and O–H groups in total. The van der Waals surface area contributed by atoms with Crippen LogP contribution >= 0.6 is 15.9 Å². The van der Waals surface area contributed by atoms with Crippen molar-refractivity contribution in [1.29, 1.82) is 0 Å². The van der Waals surface area contributed by atoms with Gasteiger partial charge < -0.3 is 15.0 Å². The molecule has 1 heterocycles. The third-order valence-corrected chi connectivity index (χ3v) is 3.99. The van der Waals surface area contributed by atoms with Crippen LogP contribution in [0.5, 0.6) is 0 Å². The van der Waals surface area contributed by atoms with Gasteiger partial charge in [-0.1, -0.05) is 0 Å². The summed E-state index contributed by atoms with van der Waals surface area (Å²) in [5, 5.41) is 7.79. The number of hydrogen-bond donors (Lipinski definition) is 1. The van der Waals surface area contributed by atoms with E-state index in [-0.39, 0.29) is 11.6 Å². The van der Waals surface area contributed by atoms with Gasteiger partial charge in [-0.25, -0.2) is 0 Å². The van der Waals surface area contributed by atoms with E-state index in [9.17, 15) is 0 Å². The summed E-state index contributed by atoms with van der Waals surface area (Å²) in [4.78, 5) is 2.15. The molecule has 1 rings (SSSR count). The minimum absolute atomic E-state index is 0.0662. The number of nitrogens with one attached hydrogen (secondary N) is 1. The van der Waals surface area contributed by atoms with E-state index in [1.807, 2.05) is 17.9 Å². The summed E-state index contributed by atoms with van der Waals surface area (Å²) in [5.74, 6) is 0. The molecule has 0 fully saturated rings. The molecule has 0 amide bonds. The second-order valence-corrected chi connectivity index (χ2v) is 6.29.